The van der Waals surface area contributed by atoms with E-state index in [0.717, 1.165) is 18.0 Å². The van der Waals surface area contributed by atoms with Crippen LogP contribution in [-0.4, -0.2) is 6.04 Å². The third-order valence-electron chi connectivity index (χ3n) is 3.21. The molecule has 0 heterocycles. The number of hydrogen-bond donors (Lipinski definition) is 1. The highest BCUT2D eigenvalue weighted by Crippen LogP contribution is 2.34. The molecule has 16 heavy (non-hydrogen) atoms. The zero-order chi connectivity index (χ0) is 11.4. The highest BCUT2D eigenvalue weighted by atomic mass is 15.0. The molecule has 0 radical (unpaired) electrons. The number of rotatable bonds is 5. The molecule has 1 saturated carbocycles. The molecule has 2 rings (SSSR count). The predicted octanol–water partition coefficient (Wildman–Crippen LogP) is 2.84. The summed E-state index contributed by atoms with van der Waals surface area (Å²) in [4.78, 5) is 0. The van der Waals surface area contributed by atoms with Gasteiger partial charge in [-0.1, -0.05) is 25.5 Å². The van der Waals surface area contributed by atoms with Crippen molar-refractivity contribution in [3.05, 3.63) is 35.4 Å². The van der Waals surface area contributed by atoms with Crippen LogP contribution in [-0.2, 0) is 6.54 Å². The van der Waals surface area contributed by atoms with Crippen molar-refractivity contribution >= 4 is 0 Å². The maximum Gasteiger partial charge on any atom is 0.0991 e. The Morgan fingerprint density at radius 2 is 2.38 bits per heavy atom. The highest BCUT2D eigenvalue weighted by molar-refractivity contribution is 5.32. The molecule has 0 bridgehead atoms. The summed E-state index contributed by atoms with van der Waals surface area (Å²) in [6.07, 6.45) is 3.95. The van der Waals surface area contributed by atoms with Crippen LogP contribution >= 0.6 is 0 Å². The Morgan fingerprint density at radius 1 is 1.50 bits per heavy atom. The molecule has 1 N–H and O–H groups in total. The van der Waals surface area contributed by atoms with Crippen LogP contribution in [0.15, 0.2) is 24.3 Å². The Hall–Kier alpha value is -1.33. The summed E-state index contributed by atoms with van der Waals surface area (Å²) in [5.41, 5.74) is 1.96. The van der Waals surface area contributed by atoms with Crippen LogP contribution in [0.5, 0.6) is 0 Å². The van der Waals surface area contributed by atoms with E-state index in [1.165, 1.54) is 24.8 Å². The third kappa shape index (κ3) is 2.84. The average molecular weight is 214 g/mol. The monoisotopic (exact) mass is 214 g/mol. The van der Waals surface area contributed by atoms with Crippen LogP contribution in [0.25, 0.3) is 0 Å². The summed E-state index contributed by atoms with van der Waals surface area (Å²) < 4.78 is 0. The van der Waals surface area contributed by atoms with Gasteiger partial charge in [0.1, 0.15) is 0 Å². The fourth-order valence-electron chi connectivity index (χ4n) is 2.19. The van der Waals surface area contributed by atoms with Gasteiger partial charge in [-0.2, -0.15) is 5.26 Å². The van der Waals surface area contributed by atoms with E-state index in [2.05, 4.69) is 24.4 Å². The molecular weight excluding hydrogens is 196 g/mol. The van der Waals surface area contributed by atoms with Crippen molar-refractivity contribution in [2.45, 2.75) is 38.8 Å². The minimum absolute atomic E-state index is 0.714. The van der Waals surface area contributed by atoms with Crippen molar-refractivity contribution in [1.29, 1.82) is 5.26 Å². The fourth-order valence-corrected chi connectivity index (χ4v) is 2.19. The van der Waals surface area contributed by atoms with Gasteiger partial charge < -0.3 is 5.32 Å². The van der Waals surface area contributed by atoms with Gasteiger partial charge in [-0.15, -0.1) is 0 Å². The van der Waals surface area contributed by atoms with Crippen molar-refractivity contribution < 1.29 is 0 Å². The lowest BCUT2D eigenvalue weighted by Gasteiger charge is -2.04. The second-order valence-electron chi connectivity index (χ2n) is 4.58. The SMILES string of the molecule is CCCC1CC1NCc1cccc(C#N)c1. The Morgan fingerprint density at radius 3 is 3.12 bits per heavy atom. The first-order valence-corrected chi connectivity index (χ1v) is 6.06. The van der Waals surface area contributed by atoms with Crippen molar-refractivity contribution in [1.82, 2.24) is 5.32 Å². The van der Waals surface area contributed by atoms with E-state index in [-0.39, 0.29) is 0 Å². The van der Waals surface area contributed by atoms with E-state index in [0.29, 0.717) is 6.04 Å². The van der Waals surface area contributed by atoms with E-state index in [4.69, 9.17) is 5.26 Å². The van der Waals surface area contributed by atoms with Gasteiger partial charge in [0.2, 0.25) is 0 Å². The summed E-state index contributed by atoms with van der Waals surface area (Å²) in [7, 11) is 0. The number of nitriles is 1. The van der Waals surface area contributed by atoms with Gasteiger partial charge in [0.25, 0.3) is 0 Å². The summed E-state index contributed by atoms with van der Waals surface area (Å²) in [6.45, 7) is 3.13. The van der Waals surface area contributed by atoms with Crippen LogP contribution in [0, 0.1) is 17.2 Å². The minimum atomic E-state index is 0.714. The quantitative estimate of drug-likeness (QED) is 0.818. The molecule has 2 nitrogen and oxygen atoms in total. The molecule has 2 heteroatoms. The molecule has 0 spiro atoms. The number of benzene rings is 1. The van der Waals surface area contributed by atoms with Crippen molar-refractivity contribution in [3.8, 4) is 6.07 Å². The molecule has 0 saturated heterocycles. The molecule has 0 aliphatic heterocycles. The Bertz CT molecular complexity index is 392. The predicted molar refractivity (Wildman–Crippen MR) is 64.8 cm³/mol. The fraction of sp³-hybridized carbons (Fsp3) is 0.500. The first-order valence-electron chi connectivity index (χ1n) is 6.06. The molecule has 1 aliphatic carbocycles. The van der Waals surface area contributed by atoms with Gasteiger partial charge in [0.05, 0.1) is 11.6 Å². The van der Waals surface area contributed by atoms with Crippen molar-refractivity contribution in [3.63, 3.8) is 0 Å². The zero-order valence-electron chi connectivity index (χ0n) is 9.74. The molecule has 0 aromatic heterocycles. The van der Waals surface area contributed by atoms with E-state index < -0.39 is 0 Å². The summed E-state index contributed by atoms with van der Waals surface area (Å²) in [6, 6.07) is 10.7. The molecule has 2 unspecified atom stereocenters. The van der Waals surface area contributed by atoms with Crippen LogP contribution in [0.3, 0.4) is 0 Å². The Balaban J connectivity index is 1.80. The van der Waals surface area contributed by atoms with E-state index >= 15 is 0 Å². The normalized spacial score (nSPS) is 22.8. The third-order valence-corrected chi connectivity index (χ3v) is 3.21. The zero-order valence-corrected chi connectivity index (χ0v) is 9.74. The van der Waals surface area contributed by atoms with E-state index in [1.807, 2.05) is 18.2 Å². The first-order chi connectivity index (χ1) is 7.83. The average Bonchev–Trinajstić information content (AvgIpc) is 3.06. The van der Waals surface area contributed by atoms with Gasteiger partial charge in [0, 0.05) is 12.6 Å². The largest absolute Gasteiger partial charge is 0.310 e. The standard InChI is InChI=1S/C14H18N2/c1-2-4-13-8-14(13)16-10-12-6-3-5-11(7-12)9-15/h3,5-7,13-14,16H,2,4,8,10H2,1H3. The molecule has 84 valence electrons. The maximum absolute atomic E-state index is 8.79. The lowest BCUT2D eigenvalue weighted by Crippen LogP contribution is -2.17. The highest BCUT2D eigenvalue weighted by Gasteiger charge is 2.35. The molecule has 1 aliphatic rings. The van der Waals surface area contributed by atoms with Gasteiger partial charge in [-0.25, -0.2) is 0 Å². The number of nitrogens with one attached hydrogen (secondary N) is 1. The molecule has 0 amide bonds. The van der Waals surface area contributed by atoms with Crippen LogP contribution in [0.1, 0.15) is 37.3 Å². The van der Waals surface area contributed by atoms with Gasteiger partial charge in [-0.05, 0) is 36.5 Å². The molecule has 2 atom stereocenters. The summed E-state index contributed by atoms with van der Waals surface area (Å²) in [5.74, 6) is 0.893. The second kappa shape index (κ2) is 5.14. The maximum atomic E-state index is 8.79. The molecule has 1 aromatic carbocycles. The summed E-state index contributed by atoms with van der Waals surface area (Å²) >= 11 is 0. The van der Waals surface area contributed by atoms with Gasteiger partial charge in [0.15, 0.2) is 0 Å². The van der Waals surface area contributed by atoms with E-state index in [9.17, 15) is 0 Å². The molecule has 1 fully saturated rings. The van der Waals surface area contributed by atoms with Crippen molar-refractivity contribution in [2.24, 2.45) is 5.92 Å². The van der Waals surface area contributed by atoms with Crippen LogP contribution in [0.2, 0.25) is 0 Å². The van der Waals surface area contributed by atoms with E-state index in [1.54, 1.807) is 0 Å². The first kappa shape index (κ1) is 11.2. The van der Waals surface area contributed by atoms with Gasteiger partial charge >= 0.3 is 0 Å². The van der Waals surface area contributed by atoms with Crippen molar-refractivity contribution in [2.75, 3.05) is 0 Å². The van der Waals surface area contributed by atoms with Crippen LogP contribution < -0.4 is 5.32 Å². The lowest BCUT2D eigenvalue weighted by atomic mass is 10.1. The van der Waals surface area contributed by atoms with Gasteiger partial charge in [-0.3, -0.25) is 0 Å². The Labute approximate surface area is 97.3 Å². The summed E-state index contributed by atoms with van der Waals surface area (Å²) in [5, 5.41) is 12.3. The number of hydrogen-bond acceptors (Lipinski definition) is 2. The molecule has 1 aromatic rings. The minimum Gasteiger partial charge on any atom is -0.310 e. The van der Waals surface area contributed by atoms with Crippen LogP contribution in [0.4, 0.5) is 0 Å². The topological polar surface area (TPSA) is 35.8 Å². The Kier molecular flexibility index (Phi) is 3.58. The number of nitrogens with zero attached hydrogens (tertiary/aromatic N) is 1. The smallest absolute Gasteiger partial charge is 0.0991 e. The second-order valence-corrected chi connectivity index (χ2v) is 4.58. The lowest BCUT2D eigenvalue weighted by molar-refractivity contribution is 0.599. The molecular formula is C14H18N2.